The van der Waals surface area contributed by atoms with Gasteiger partial charge >= 0.3 is 0 Å². The first-order valence-electron chi connectivity index (χ1n) is 11.9. The molecule has 0 amide bonds. The van der Waals surface area contributed by atoms with E-state index in [-0.39, 0.29) is 22.0 Å². The zero-order valence-electron chi connectivity index (χ0n) is 20.9. The van der Waals surface area contributed by atoms with Gasteiger partial charge in [0.15, 0.2) is 0 Å². The van der Waals surface area contributed by atoms with Crippen LogP contribution >= 0.6 is 0 Å². The molecule has 9 nitrogen and oxygen atoms in total. The Labute approximate surface area is 218 Å². The van der Waals surface area contributed by atoms with Gasteiger partial charge in [-0.25, -0.2) is 22.1 Å². The van der Waals surface area contributed by atoms with E-state index in [1.54, 1.807) is 42.5 Å². The number of aryl methyl sites for hydroxylation is 3. The van der Waals surface area contributed by atoms with E-state index < -0.39 is 15.8 Å². The molecule has 0 radical (unpaired) electrons. The van der Waals surface area contributed by atoms with Crippen LogP contribution in [0, 0.1) is 20.8 Å². The normalized spacial score (nSPS) is 12.0. The van der Waals surface area contributed by atoms with Gasteiger partial charge < -0.3 is 10.7 Å². The fourth-order valence-electron chi connectivity index (χ4n) is 4.72. The van der Waals surface area contributed by atoms with Gasteiger partial charge in [0.2, 0.25) is 5.78 Å². The first-order chi connectivity index (χ1) is 18.1. The second kappa shape index (κ2) is 8.42. The second-order valence-electron chi connectivity index (χ2n) is 9.33. The molecule has 6 rings (SSSR count). The van der Waals surface area contributed by atoms with Crippen LogP contribution in [0.2, 0.25) is 0 Å². The van der Waals surface area contributed by atoms with Crippen LogP contribution in [0.4, 0.5) is 5.82 Å². The van der Waals surface area contributed by atoms with E-state index in [0.29, 0.717) is 16.6 Å². The molecule has 10 heteroatoms. The van der Waals surface area contributed by atoms with Gasteiger partial charge in [0.05, 0.1) is 38.9 Å². The molecular formula is C28H24N6O3S. The number of benzene rings is 3. The van der Waals surface area contributed by atoms with Gasteiger partial charge in [0, 0.05) is 5.39 Å². The number of hydrogen-bond acceptors (Lipinski definition) is 6. The van der Waals surface area contributed by atoms with Gasteiger partial charge in [-0.3, -0.25) is 4.79 Å². The van der Waals surface area contributed by atoms with E-state index in [9.17, 15) is 13.2 Å². The van der Waals surface area contributed by atoms with Crippen molar-refractivity contribution in [1.82, 2.24) is 23.7 Å². The Bertz CT molecular complexity index is 2000. The minimum atomic E-state index is -4.10. The lowest BCUT2D eigenvalue weighted by atomic mass is 10.1. The number of H-pyrrole nitrogens is 1. The molecule has 0 spiro atoms. The first-order valence-corrected chi connectivity index (χ1v) is 13.4. The number of carbonyl (C=O) groups is 1. The smallest absolute Gasteiger partial charge is 0.268 e. The van der Waals surface area contributed by atoms with Gasteiger partial charge in [-0.1, -0.05) is 29.8 Å². The van der Waals surface area contributed by atoms with Crippen LogP contribution in [0.25, 0.3) is 27.6 Å². The fraction of sp³-hybridized carbons (Fsp3) is 0.107. The van der Waals surface area contributed by atoms with E-state index >= 15 is 0 Å². The van der Waals surface area contributed by atoms with Crippen LogP contribution in [0.1, 0.15) is 33.0 Å². The number of hydrogen-bond donors (Lipinski definition) is 2. The molecule has 3 aromatic heterocycles. The zero-order chi connectivity index (χ0) is 26.8. The van der Waals surface area contributed by atoms with Crippen LogP contribution in [0.15, 0.2) is 77.8 Å². The Hall–Kier alpha value is -4.70. The summed E-state index contributed by atoms with van der Waals surface area (Å²) in [6.07, 6.45) is 1.37. The molecule has 3 N–H and O–H groups in total. The lowest BCUT2D eigenvalue weighted by Gasteiger charge is -2.12. The van der Waals surface area contributed by atoms with Gasteiger partial charge in [-0.15, -0.1) is 0 Å². The number of fused-ring (bicyclic) bond motifs is 2. The summed E-state index contributed by atoms with van der Waals surface area (Å²) >= 11 is 0. The molecule has 0 aliphatic carbocycles. The summed E-state index contributed by atoms with van der Waals surface area (Å²) in [6, 6.07) is 19.0. The van der Waals surface area contributed by atoms with Crippen LogP contribution in [-0.2, 0) is 10.0 Å². The number of ketones is 1. The molecule has 0 saturated heterocycles. The molecule has 0 unspecified atom stereocenters. The number of nitrogens with one attached hydrogen (secondary N) is 1. The van der Waals surface area contributed by atoms with Crippen molar-refractivity contribution in [2.45, 2.75) is 25.7 Å². The van der Waals surface area contributed by atoms with Crippen molar-refractivity contribution in [3.05, 3.63) is 101 Å². The lowest BCUT2D eigenvalue weighted by molar-refractivity contribution is 0.103. The Morgan fingerprint density at radius 1 is 0.974 bits per heavy atom. The summed E-state index contributed by atoms with van der Waals surface area (Å²) in [5.74, 6) is 0.332. The van der Waals surface area contributed by atoms with E-state index in [0.717, 1.165) is 32.0 Å². The molecule has 6 aromatic rings. The van der Waals surface area contributed by atoms with Crippen LogP contribution in [-0.4, -0.2) is 37.9 Å². The molecule has 0 fully saturated rings. The third-order valence-electron chi connectivity index (χ3n) is 6.69. The number of rotatable bonds is 5. The number of carbonyl (C=O) groups excluding carboxylic acids is 1. The third-order valence-corrected chi connectivity index (χ3v) is 8.43. The van der Waals surface area contributed by atoms with Gasteiger partial charge in [0.1, 0.15) is 17.3 Å². The molecule has 0 saturated carbocycles. The van der Waals surface area contributed by atoms with E-state index in [4.69, 9.17) is 5.73 Å². The quantitative estimate of drug-likeness (QED) is 0.315. The minimum Gasteiger partial charge on any atom is -0.383 e. The summed E-state index contributed by atoms with van der Waals surface area (Å²) in [4.78, 5) is 21.6. The summed E-state index contributed by atoms with van der Waals surface area (Å²) < 4.78 is 30.3. The van der Waals surface area contributed by atoms with Gasteiger partial charge in [0.25, 0.3) is 10.0 Å². The Balaban J connectivity index is 1.51. The number of imidazole rings is 1. The van der Waals surface area contributed by atoms with Crippen molar-refractivity contribution in [1.29, 1.82) is 0 Å². The third kappa shape index (κ3) is 3.60. The zero-order valence-corrected chi connectivity index (χ0v) is 21.7. The summed E-state index contributed by atoms with van der Waals surface area (Å²) in [5, 5.41) is 5.02. The van der Waals surface area contributed by atoms with Crippen LogP contribution in [0.3, 0.4) is 0 Å². The van der Waals surface area contributed by atoms with E-state index in [1.165, 1.54) is 10.9 Å². The van der Waals surface area contributed by atoms with Gasteiger partial charge in [-0.05, 0) is 68.8 Å². The standard InChI is InChI=1S/C28H24N6O3S/c1-16-7-10-20(11-8-16)38(36,37)34-25-6-4-5-17(2)21(25)14-26(34)27(35)22-15-30-33(28(22)29)19-9-12-23-24(13-19)32-18(3)31-23/h4-15H,29H2,1-3H3,(H,31,32). The molecule has 0 bridgehead atoms. The van der Waals surface area contributed by atoms with E-state index in [1.807, 2.05) is 45.0 Å². The molecule has 3 aromatic carbocycles. The largest absolute Gasteiger partial charge is 0.383 e. The highest BCUT2D eigenvalue weighted by atomic mass is 32.2. The molecule has 190 valence electrons. The topological polar surface area (TPSA) is 129 Å². The van der Waals surface area contributed by atoms with Crippen LogP contribution < -0.4 is 5.73 Å². The summed E-state index contributed by atoms with van der Waals surface area (Å²) in [7, 11) is -4.10. The number of aromatic amines is 1. The number of anilines is 1. The molecule has 0 atom stereocenters. The Kier molecular flexibility index (Phi) is 5.25. The maximum Gasteiger partial charge on any atom is 0.268 e. The lowest BCUT2D eigenvalue weighted by Crippen LogP contribution is -2.19. The molecule has 0 aliphatic rings. The van der Waals surface area contributed by atoms with Crippen molar-refractivity contribution in [3.63, 3.8) is 0 Å². The first kappa shape index (κ1) is 23.7. The van der Waals surface area contributed by atoms with Crippen molar-refractivity contribution in [3.8, 4) is 5.69 Å². The molecule has 38 heavy (non-hydrogen) atoms. The number of nitrogens with two attached hydrogens (primary N) is 1. The fourth-order valence-corrected chi connectivity index (χ4v) is 6.22. The molecular weight excluding hydrogens is 500 g/mol. The average Bonchev–Trinajstić information content (AvgIpc) is 3.58. The second-order valence-corrected chi connectivity index (χ2v) is 11.1. The number of nitrogen functional groups attached to an aromatic ring is 1. The average molecular weight is 525 g/mol. The Morgan fingerprint density at radius 3 is 2.50 bits per heavy atom. The predicted octanol–water partition coefficient (Wildman–Crippen LogP) is 4.68. The van der Waals surface area contributed by atoms with E-state index in [2.05, 4.69) is 15.1 Å². The number of aromatic nitrogens is 5. The van der Waals surface area contributed by atoms with Crippen molar-refractivity contribution >= 4 is 43.6 Å². The highest BCUT2D eigenvalue weighted by molar-refractivity contribution is 7.90. The molecule has 0 aliphatic heterocycles. The van der Waals surface area contributed by atoms with Gasteiger partial charge in [-0.2, -0.15) is 5.10 Å². The minimum absolute atomic E-state index is 0.0143. The summed E-state index contributed by atoms with van der Waals surface area (Å²) in [6.45, 7) is 5.62. The maximum absolute atomic E-state index is 13.9. The maximum atomic E-state index is 13.9. The highest BCUT2D eigenvalue weighted by Crippen LogP contribution is 2.31. The van der Waals surface area contributed by atoms with Crippen LogP contribution in [0.5, 0.6) is 0 Å². The monoisotopic (exact) mass is 524 g/mol. The number of nitrogens with zero attached hydrogens (tertiary/aromatic N) is 4. The van der Waals surface area contributed by atoms with Crippen molar-refractivity contribution < 1.29 is 13.2 Å². The molecule has 3 heterocycles. The SMILES string of the molecule is Cc1ccc(S(=O)(=O)n2c(C(=O)c3cnn(-c4ccc5[nH]c(C)nc5c4)c3N)cc3c(C)cccc32)cc1. The Morgan fingerprint density at radius 2 is 1.74 bits per heavy atom. The summed E-state index contributed by atoms with van der Waals surface area (Å²) in [5.41, 5.74) is 10.9. The van der Waals surface area contributed by atoms with Crippen molar-refractivity contribution in [2.24, 2.45) is 0 Å². The predicted molar refractivity (Wildman–Crippen MR) is 146 cm³/mol. The highest BCUT2D eigenvalue weighted by Gasteiger charge is 2.29. The van der Waals surface area contributed by atoms with Crippen molar-refractivity contribution in [2.75, 3.05) is 5.73 Å².